The molecular formula is C30H25N3O9S2. The lowest BCUT2D eigenvalue weighted by Crippen LogP contribution is -2.42. The Labute approximate surface area is 251 Å². The van der Waals surface area contributed by atoms with Gasteiger partial charge in [0.2, 0.25) is 10.0 Å². The zero-order valence-corrected chi connectivity index (χ0v) is 24.3. The van der Waals surface area contributed by atoms with E-state index in [1.807, 2.05) is 0 Å². The van der Waals surface area contributed by atoms with Gasteiger partial charge >= 0.3 is 12.0 Å². The molecule has 0 aliphatic rings. The second-order valence-corrected chi connectivity index (χ2v) is 13.0. The summed E-state index contributed by atoms with van der Waals surface area (Å²) in [5, 5.41) is 26.7. The van der Waals surface area contributed by atoms with Gasteiger partial charge in [0.25, 0.3) is 10.1 Å². The number of carboxylic acid groups (broad SMARTS) is 1. The van der Waals surface area contributed by atoms with E-state index in [-0.39, 0.29) is 22.0 Å². The molecule has 0 aliphatic carbocycles. The summed E-state index contributed by atoms with van der Waals surface area (Å²) in [4.78, 5) is 24.1. The van der Waals surface area contributed by atoms with E-state index in [0.717, 1.165) is 0 Å². The van der Waals surface area contributed by atoms with E-state index >= 15 is 0 Å². The van der Waals surface area contributed by atoms with Crippen LogP contribution in [0.25, 0.3) is 21.5 Å². The molecule has 44 heavy (non-hydrogen) atoms. The molecule has 5 rings (SSSR count). The van der Waals surface area contributed by atoms with Crippen LogP contribution >= 0.6 is 0 Å². The maximum absolute atomic E-state index is 13.1. The van der Waals surface area contributed by atoms with Crippen LogP contribution in [0.3, 0.4) is 0 Å². The average Bonchev–Trinajstić information content (AvgIpc) is 2.96. The monoisotopic (exact) mass is 635 g/mol. The van der Waals surface area contributed by atoms with Gasteiger partial charge in [0.1, 0.15) is 11.8 Å². The lowest BCUT2D eigenvalue weighted by molar-refractivity contribution is -0.138. The Balaban J connectivity index is 1.32. The first-order valence-corrected chi connectivity index (χ1v) is 15.9. The number of hydrogen-bond acceptors (Lipinski definition) is 7. The molecular weight excluding hydrogens is 610 g/mol. The summed E-state index contributed by atoms with van der Waals surface area (Å²) in [6.07, 6.45) is -0.148. The number of rotatable bonds is 9. The minimum atomic E-state index is -4.40. The fourth-order valence-electron chi connectivity index (χ4n) is 4.53. The topological polar surface area (TPSA) is 199 Å². The molecule has 0 unspecified atom stereocenters. The fourth-order valence-corrected chi connectivity index (χ4v) is 6.27. The minimum absolute atomic E-state index is 0.00531. The van der Waals surface area contributed by atoms with Gasteiger partial charge in [-0.15, -0.1) is 0 Å². The highest BCUT2D eigenvalue weighted by Crippen LogP contribution is 2.25. The van der Waals surface area contributed by atoms with Crippen molar-refractivity contribution in [2.24, 2.45) is 0 Å². The normalized spacial score (nSPS) is 12.6. The van der Waals surface area contributed by atoms with Crippen molar-refractivity contribution in [3.05, 3.63) is 103 Å². The molecule has 0 fully saturated rings. The van der Waals surface area contributed by atoms with Gasteiger partial charge in [-0.3, -0.25) is 9.35 Å². The molecule has 5 aromatic rings. The molecule has 0 saturated carbocycles. The number of phenolic OH excluding ortho intramolecular Hbond substituents is 1. The van der Waals surface area contributed by atoms with E-state index in [4.69, 9.17) is 0 Å². The van der Waals surface area contributed by atoms with Crippen LogP contribution < -0.4 is 15.4 Å². The summed E-state index contributed by atoms with van der Waals surface area (Å²) in [7, 11) is -8.67. The minimum Gasteiger partial charge on any atom is -0.508 e. The maximum Gasteiger partial charge on any atom is 0.323 e. The van der Waals surface area contributed by atoms with Crippen molar-refractivity contribution in [3.8, 4) is 5.75 Å². The highest BCUT2D eigenvalue weighted by Gasteiger charge is 2.26. The number of carbonyl (C=O) groups excluding carboxylic acids is 1. The van der Waals surface area contributed by atoms with E-state index in [2.05, 4.69) is 15.4 Å². The molecule has 0 aliphatic heterocycles. The Morgan fingerprint density at radius 2 is 1.16 bits per heavy atom. The van der Waals surface area contributed by atoms with Crippen LogP contribution in [0, 0.1) is 0 Å². The molecule has 6 N–H and O–H groups in total. The van der Waals surface area contributed by atoms with Crippen molar-refractivity contribution in [2.45, 2.75) is 22.3 Å². The number of carbonyl (C=O) groups is 2. The van der Waals surface area contributed by atoms with Gasteiger partial charge in [0.05, 0.1) is 9.79 Å². The standard InChI is InChI=1S/C30H25N3O9S2/c34-25-9-1-18(2-10-25)13-28(29(35)36)33-43(38,39)26-11-5-19-3-7-23(14-21(19)16-26)31-30(37)32-24-8-4-20-6-12-27(44(40,41)42)17-22(20)15-24/h1-12,14-17,28,33-34H,13H2,(H,35,36)(H2,31,32,37)(H,40,41,42)/t28-/m0/s1. The predicted molar refractivity (Wildman–Crippen MR) is 164 cm³/mol. The molecule has 0 aromatic heterocycles. The van der Waals surface area contributed by atoms with Crippen LogP contribution in [0.1, 0.15) is 5.56 Å². The SMILES string of the molecule is O=C(Nc1ccc2ccc(S(=O)(=O)O)cc2c1)Nc1ccc2ccc(S(=O)(=O)N[C@@H](Cc3ccc(O)cc3)C(=O)O)cc2c1. The Bertz CT molecular complexity index is 2130. The Kier molecular flexibility index (Phi) is 8.25. The molecule has 12 nitrogen and oxygen atoms in total. The third-order valence-electron chi connectivity index (χ3n) is 6.72. The molecule has 0 spiro atoms. The summed E-state index contributed by atoms with van der Waals surface area (Å²) < 4.78 is 60.7. The van der Waals surface area contributed by atoms with Gasteiger partial charge in [0.15, 0.2) is 0 Å². The van der Waals surface area contributed by atoms with Crippen molar-refractivity contribution < 1.29 is 41.2 Å². The molecule has 14 heteroatoms. The van der Waals surface area contributed by atoms with Gasteiger partial charge in [-0.25, -0.2) is 13.2 Å². The van der Waals surface area contributed by atoms with E-state index < -0.39 is 38.2 Å². The quantitative estimate of drug-likeness (QED) is 0.126. The zero-order valence-electron chi connectivity index (χ0n) is 22.6. The lowest BCUT2D eigenvalue weighted by Gasteiger charge is -2.15. The van der Waals surface area contributed by atoms with Gasteiger partial charge in [-0.05, 0) is 94.2 Å². The first-order chi connectivity index (χ1) is 20.8. The molecule has 5 aromatic carbocycles. The van der Waals surface area contributed by atoms with Crippen molar-refractivity contribution in [2.75, 3.05) is 10.6 Å². The van der Waals surface area contributed by atoms with Crippen LogP contribution in [-0.2, 0) is 31.4 Å². The van der Waals surface area contributed by atoms with Crippen LogP contribution in [0.15, 0.2) is 107 Å². The predicted octanol–water partition coefficient (Wildman–Crippen LogP) is 4.56. The van der Waals surface area contributed by atoms with Crippen LogP contribution in [0.5, 0.6) is 5.75 Å². The maximum atomic E-state index is 13.1. The molecule has 1 atom stereocenters. The number of sulfonamides is 1. The fraction of sp³-hybridized carbons (Fsp3) is 0.0667. The van der Waals surface area contributed by atoms with Gasteiger partial charge in [0, 0.05) is 11.4 Å². The Hall–Kier alpha value is -5.02. The van der Waals surface area contributed by atoms with Crippen LogP contribution in [0.2, 0.25) is 0 Å². The van der Waals surface area contributed by atoms with Crippen molar-refractivity contribution in [1.82, 2.24) is 4.72 Å². The lowest BCUT2D eigenvalue weighted by atomic mass is 10.1. The van der Waals surface area contributed by atoms with Crippen LogP contribution in [-0.4, -0.2) is 49.6 Å². The largest absolute Gasteiger partial charge is 0.508 e. The number of aromatic hydroxyl groups is 1. The number of urea groups is 1. The number of carboxylic acids is 1. The third kappa shape index (κ3) is 7.12. The second kappa shape index (κ2) is 11.9. The van der Waals surface area contributed by atoms with Crippen molar-refractivity contribution >= 4 is 65.1 Å². The average molecular weight is 636 g/mol. The van der Waals surface area contributed by atoms with E-state index in [0.29, 0.717) is 38.5 Å². The summed E-state index contributed by atoms with van der Waals surface area (Å²) in [6.45, 7) is 0. The van der Waals surface area contributed by atoms with Gasteiger partial charge < -0.3 is 20.8 Å². The number of phenols is 1. The Morgan fingerprint density at radius 3 is 1.68 bits per heavy atom. The highest BCUT2D eigenvalue weighted by atomic mass is 32.2. The molecule has 226 valence electrons. The summed E-state index contributed by atoms with van der Waals surface area (Å²) in [5.41, 5.74) is 1.20. The van der Waals surface area contributed by atoms with Gasteiger partial charge in [-0.2, -0.15) is 13.1 Å². The summed E-state index contributed by atoms with van der Waals surface area (Å²) in [5.74, 6) is -1.38. The molecule has 0 bridgehead atoms. The van der Waals surface area contributed by atoms with E-state index in [1.54, 1.807) is 42.5 Å². The third-order valence-corrected chi connectivity index (χ3v) is 9.04. The number of hydrogen-bond donors (Lipinski definition) is 6. The number of nitrogens with one attached hydrogen (secondary N) is 3. The Morgan fingerprint density at radius 1 is 0.659 bits per heavy atom. The number of amides is 2. The molecule has 2 amide bonds. The smallest absolute Gasteiger partial charge is 0.323 e. The number of aliphatic carboxylic acids is 1. The first kappa shape index (κ1) is 30.4. The first-order valence-electron chi connectivity index (χ1n) is 12.9. The summed E-state index contributed by atoms with van der Waals surface area (Å²) in [6, 6.07) is 21.7. The zero-order chi connectivity index (χ0) is 31.6. The molecule has 0 saturated heterocycles. The number of anilines is 2. The summed E-state index contributed by atoms with van der Waals surface area (Å²) >= 11 is 0. The molecule has 0 radical (unpaired) electrons. The van der Waals surface area contributed by atoms with Crippen LogP contribution in [0.4, 0.5) is 16.2 Å². The number of benzene rings is 5. The number of fused-ring (bicyclic) bond motifs is 2. The second-order valence-electron chi connectivity index (χ2n) is 9.88. The van der Waals surface area contributed by atoms with Crippen molar-refractivity contribution in [1.29, 1.82) is 0 Å². The van der Waals surface area contributed by atoms with Gasteiger partial charge in [-0.1, -0.05) is 36.4 Å². The highest BCUT2D eigenvalue weighted by molar-refractivity contribution is 7.89. The van der Waals surface area contributed by atoms with E-state index in [9.17, 15) is 41.2 Å². The van der Waals surface area contributed by atoms with Crippen molar-refractivity contribution in [3.63, 3.8) is 0 Å². The van der Waals surface area contributed by atoms with E-state index in [1.165, 1.54) is 54.6 Å². The molecule has 0 heterocycles.